The lowest BCUT2D eigenvalue weighted by Gasteiger charge is -2.07. The average molecular weight is 174 g/mol. The molecule has 0 aliphatic heterocycles. The molecule has 0 spiro atoms. The molecule has 12 heavy (non-hydrogen) atoms. The summed E-state index contributed by atoms with van der Waals surface area (Å²) in [6.07, 6.45) is 0. The van der Waals surface area contributed by atoms with Crippen LogP contribution in [0.1, 0.15) is 18.4 Å². The molecule has 3 heteroatoms. The Morgan fingerprint density at radius 2 is 2.00 bits per heavy atom. The number of halogens is 3. The molecule has 0 aliphatic carbocycles. The molecule has 0 amide bonds. The zero-order valence-electron chi connectivity index (χ0n) is 6.65. The Bertz CT molecular complexity index is 270. The molecular weight excluding hydrogens is 165 g/mol. The number of benzene rings is 1. The van der Waals surface area contributed by atoms with Crippen LogP contribution in [0.3, 0.4) is 0 Å². The van der Waals surface area contributed by atoms with Crippen molar-refractivity contribution in [3.8, 4) is 0 Å². The van der Waals surface area contributed by atoms with Crippen molar-refractivity contribution >= 4 is 0 Å². The SMILES string of the molecule is CC(CF)c1cccc(F)c1F. The highest BCUT2D eigenvalue weighted by atomic mass is 19.2. The molecule has 1 aromatic rings. The van der Waals surface area contributed by atoms with Gasteiger partial charge in [0.2, 0.25) is 0 Å². The molecule has 66 valence electrons. The topological polar surface area (TPSA) is 0 Å². The van der Waals surface area contributed by atoms with E-state index in [0.717, 1.165) is 6.07 Å². The van der Waals surface area contributed by atoms with Crippen LogP contribution in [0, 0.1) is 11.6 Å². The van der Waals surface area contributed by atoms with Crippen molar-refractivity contribution in [3.63, 3.8) is 0 Å². The van der Waals surface area contributed by atoms with Crippen LogP contribution in [0.5, 0.6) is 0 Å². The van der Waals surface area contributed by atoms with Crippen LogP contribution in [0.25, 0.3) is 0 Å². The van der Waals surface area contributed by atoms with Gasteiger partial charge in [-0.2, -0.15) is 0 Å². The quantitative estimate of drug-likeness (QED) is 0.646. The maximum absolute atomic E-state index is 12.9. The van der Waals surface area contributed by atoms with E-state index < -0.39 is 24.2 Å². The summed E-state index contributed by atoms with van der Waals surface area (Å²) in [5.74, 6) is -2.45. The Labute approximate surface area is 69.0 Å². The number of hydrogen-bond acceptors (Lipinski definition) is 0. The van der Waals surface area contributed by atoms with Gasteiger partial charge in [0.1, 0.15) is 0 Å². The van der Waals surface area contributed by atoms with E-state index in [9.17, 15) is 13.2 Å². The lowest BCUT2D eigenvalue weighted by atomic mass is 10.0. The van der Waals surface area contributed by atoms with Crippen LogP contribution in [-0.2, 0) is 0 Å². The Morgan fingerprint density at radius 1 is 1.33 bits per heavy atom. The summed E-state index contributed by atoms with van der Waals surface area (Å²) in [6.45, 7) is 0.832. The lowest BCUT2D eigenvalue weighted by molar-refractivity contribution is 0.426. The first-order valence-corrected chi connectivity index (χ1v) is 3.66. The Kier molecular flexibility index (Phi) is 2.74. The van der Waals surface area contributed by atoms with Crippen molar-refractivity contribution in [2.75, 3.05) is 6.67 Å². The first kappa shape index (κ1) is 9.10. The molecule has 0 radical (unpaired) electrons. The molecule has 0 saturated carbocycles. The van der Waals surface area contributed by atoms with E-state index in [2.05, 4.69) is 0 Å². The fourth-order valence-corrected chi connectivity index (χ4v) is 0.984. The Morgan fingerprint density at radius 3 is 2.58 bits per heavy atom. The maximum Gasteiger partial charge on any atom is 0.162 e. The van der Waals surface area contributed by atoms with Crippen LogP contribution in [0.15, 0.2) is 18.2 Å². The molecule has 0 aliphatic rings. The molecule has 0 aromatic heterocycles. The summed E-state index contributed by atoms with van der Waals surface area (Å²) in [6, 6.07) is 3.78. The second kappa shape index (κ2) is 3.61. The van der Waals surface area contributed by atoms with Crippen LogP contribution in [0.2, 0.25) is 0 Å². The summed E-state index contributed by atoms with van der Waals surface area (Å²) < 4.78 is 37.6. The van der Waals surface area contributed by atoms with Crippen LogP contribution in [-0.4, -0.2) is 6.67 Å². The van der Waals surface area contributed by atoms with Gasteiger partial charge < -0.3 is 0 Å². The van der Waals surface area contributed by atoms with E-state index in [4.69, 9.17) is 0 Å². The molecule has 0 fully saturated rings. The van der Waals surface area contributed by atoms with Gasteiger partial charge in [0.15, 0.2) is 11.6 Å². The highest BCUT2D eigenvalue weighted by Crippen LogP contribution is 2.20. The summed E-state index contributed by atoms with van der Waals surface area (Å²) in [5.41, 5.74) is 0.0949. The summed E-state index contributed by atoms with van der Waals surface area (Å²) >= 11 is 0. The molecule has 0 N–H and O–H groups in total. The van der Waals surface area contributed by atoms with E-state index in [1.807, 2.05) is 0 Å². The van der Waals surface area contributed by atoms with Crippen LogP contribution < -0.4 is 0 Å². The predicted molar refractivity (Wildman–Crippen MR) is 40.7 cm³/mol. The normalized spacial score (nSPS) is 13.0. The van der Waals surface area contributed by atoms with Crippen LogP contribution in [0.4, 0.5) is 13.2 Å². The Balaban J connectivity index is 3.07. The second-order valence-electron chi connectivity index (χ2n) is 2.70. The van der Waals surface area contributed by atoms with Gasteiger partial charge in [-0.3, -0.25) is 4.39 Å². The van der Waals surface area contributed by atoms with Gasteiger partial charge in [0.25, 0.3) is 0 Å². The zero-order chi connectivity index (χ0) is 9.14. The molecule has 0 bridgehead atoms. The van der Waals surface area contributed by atoms with E-state index >= 15 is 0 Å². The largest absolute Gasteiger partial charge is 0.250 e. The van der Waals surface area contributed by atoms with E-state index in [1.165, 1.54) is 19.1 Å². The molecule has 1 rings (SSSR count). The highest BCUT2D eigenvalue weighted by molar-refractivity contribution is 5.22. The fraction of sp³-hybridized carbons (Fsp3) is 0.333. The smallest absolute Gasteiger partial charge is 0.162 e. The predicted octanol–water partition coefficient (Wildman–Crippen LogP) is 3.04. The third-order valence-electron chi connectivity index (χ3n) is 1.74. The molecule has 1 aromatic carbocycles. The number of hydrogen-bond donors (Lipinski definition) is 0. The van der Waals surface area contributed by atoms with Crippen molar-refractivity contribution < 1.29 is 13.2 Å². The highest BCUT2D eigenvalue weighted by Gasteiger charge is 2.13. The number of rotatable bonds is 2. The second-order valence-corrected chi connectivity index (χ2v) is 2.70. The average Bonchev–Trinajstić information content (AvgIpc) is 2.08. The molecule has 0 saturated heterocycles. The zero-order valence-corrected chi connectivity index (χ0v) is 6.65. The minimum atomic E-state index is -0.942. The lowest BCUT2D eigenvalue weighted by Crippen LogP contribution is -2.00. The van der Waals surface area contributed by atoms with E-state index in [1.54, 1.807) is 0 Å². The molecule has 1 atom stereocenters. The molecule has 1 unspecified atom stereocenters. The summed E-state index contributed by atoms with van der Waals surface area (Å²) in [4.78, 5) is 0. The van der Waals surface area contributed by atoms with E-state index in [0.29, 0.717) is 0 Å². The minimum absolute atomic E-state index is 0.0949. The van der Waals surface area contributed by atoms with Gasteiger partial charge in [-0.15, -0.1) is 0 Å². The Hall–Kier alpha value is -0.990. The molecule has 0 heterocycles. The molecule has 0 nitrogen and oxygen atoms in total. The van der Waals surface area contributed by atoms with Gasteiger partial charge in [-0.05, 0) is 11.6 Å². The fourth-order valence-electron chi connectivity index (χ4n) is 0.984. The van der Waals surface area contributed by atoms with Gasteiger partial charge >= 0.3 is 0 Å². The third-order valence-corrected chi connectivity index (χ3v) is 1.74. The van der Waals surface area contributed by atoms with Crippen molar-refractivity contribution in [2.45, 2.75) is 12.8 Å². The minimum Gasteiger partial charge on any atom is -0.250 e. The van der Waals surface area contributed by atoms with Crippen molar-refractivity contribution in [1.29, 1.82) is 0 Å². The van der Waals surface area contributed by atoms with E-state index in [-0.39, 0.29) is 5.56 Å². The maximum atomic E-state index is 12.9. The standard InChI is InChI=1S/C9H9F3/c1-6(5-10)7-3-2-4-8(11)9(7)12/h2-4,6H,5H2,1H3. The summed E-state index contributed by atoms with van der Waals surface area (Å²) in [5, 5.41) is 0. The van der Waals surface area contributed by atoms with Gasteiger partial charge in [0.05, 0.1) is 6.67 Å². The van der Waals surface area contributed by atoms with Crippen LogP contribution >= 0.6 is 0 Å². The first-order valence-electron chi connectivity index (χ1n) is 3.66. The first-order chi connectivity index (χ1) is 5.66. The van der Waals surface area contributed by atoms with Crippen molar-refractivity contribution in [3.05, 3.63) is 35.4 Å². The van der Waals surface area contributed by atoms with Gasteiger partial charge in [-0.1, -0.05) is 19.1 Å². The van der Waals surface area contributed by atoms with Crippen molar-refractivity contribution in [2.24, 2.45) is 0 Å². The summed E-state index contributed by atoms with van der Waals surface area (Å²) in [7, 11) is 0. The van der Waals surface area contributed by atoms with Gasteiger partial charge in [-0.25, -0.2) is 8.78 Å². The van der Waals surface area contributed by atoms with Crippen molar-refractivity contribution in [1.82, 2.24) is 0 Å². The molecular formula is C9H9F3. The van der Waals surface area contributed by atoms with Gasteiger partial charge in [0, 0.05) is 5.92 Å². The number of alkyl halides is 1. The monoisotopic (exact) mass is 174 g/mol. The third kappa shape index (κ3) is 1.60.